The zero-order valence-corrected chi connectivity index (χ0v) is 14.7. The van der Waals surface area contributed by atoms with Crippen molar-refractivity contribution in [3.8, 4) is 11.4 Å². The largest absolute Gasteiger partial charge is 0.324 e. The monoisotopic (exact) mass is 322 g/mol. The molecule has 0 aliphatic rings. The third kappa shape index (κ3) is 2.61. The number of rotatable bonds is 2. The standard InChI is InChI=1S/C19H22N4O/c1-10-8-15(12(3)20)17-16(9-10)19(24)23(5)18(22-17)14-7-6-11(2)21-13(14)4/h6-9,12H,20H2,1-5H3/t12-/m1/s1. The maximum Gasteiger partial charge on any atom is 0.261 e. The summed E-state index contributed by atoms with van der Waals surface area (Å²) in [5.74, 6) is 0.614. The van der Waals surface area contributed by atoms with Gasteiger partial charge in [-0.25, -0.2) is 4.98 Å². The first-order valence-electron chi connectivity index (χ1n) is 8.01. The van der Waals surface area contributed by atoms with Crippen molar-refractivity contribution in [2.24, 2.45) is 12.8 Å². The maximum atomic E-state index is 12.9. The van der Waals surface area contributed by atoms with Crippen molar-refractivity contribution in [1.82, 2.24) is 14.5 Å². The molecular weight excluding hydrogens is 300 g/mol. The molecule has 0 unspecified atom stereocenters. The van der Waals surface area contributed by atoms with Crippen molar-refractivity contribution >= 4 is 10.9 Å². The molecule has 5 nitrogen and oxygen atoms in total. The molecule has 2 N–H and O–H groups in total. The summed E-state index contributed by atoms with van der Waals surface area (Å²) in [6, 6.07) is 7.58. The molecule has 0 saturated carbocycles. The molecule has 0 saturated heterocycles. The molecule has 0 aliphatic heterocycles. The molecule has 124 valence electrons. The Morgan fingerprint density at radius 2 is 1.83 bits per heavy atom. The van der Waals surface area contributed by atoms with E-state index in [0.29, 0.717) is 16.7 Å². The Morgan fingerprint density at radius 1 is 1.12 bits per heavy atom. The fourth-order valence-corrected chi connectivity index (χ4v) is 3.06. The van der Waals surface area contributed by atoms with Crippen molar-refractivity contribution < 1.29 is 0 Å². The van der Waals surface area contributed by atoms with Gasteiger partial charge in [-0.05, 0) is 57.0 Å². The number of benzene rings is 1. The van der Waals surface area contributed by atoms with Crippen LogP contribution in [-0.2, 0) is 7.05 Å². The minimum absolute atomic E-state index is 0.0689. The Bertz CT molecular complexity index is 1000. The van der Waals surface area contributed by atoms with Gasteiger partial charge in [-0.3, -0.25) is 14.3 Å². The highest BCUT2D eigenvalue weighted by Crippen LogP contribution is 2.26. The van der Waals surface area contributed by atoms with E-state index in [1.807, 2.05) is 52.0 Å². The average Bonchev–Trinajstić information content (AvgIpc) is 2.51. The Balaban J connectivity index is 2.43. The SMILES string of the molecule is Cc1cc([C@@H](C)N)c2nc(-c3ccc(C)nc3C)n(C)c(=O)c2c1. The van der Waals surface area contributed by atoms with Crippen LogP contribution in [0.15, 0.2) is 29.1 Å². The smallest absolute Gasteiger partial charge is 0.261 e. The minimum atomic E-state index is -0.197. The van der Waals surface area contributed by atoms with Gasteiger partial charge in [0.15, 0.2) is 0 Å². The van der Waals surface area contributed by atoms with Crippen molar-refractivity contribution in [2.45, 2.75) is 33.7 Å². The van der Waals surface area contributed by atoms with Gasteiger partial charge < -0.3 is 5.73 Å². The molecule has 0 bridgehead atoms. The molecule has 0 spiro atoms. The van der Waals surface area contributed by atoms with E-state index in [1.54, 1.807) is 11.6 Å². The summed E-state index contributed by atoms with van der Waals surface area (Å²) in [5.41, 5.74) is 11.3. The quantitative estimate of drug-likeness (QED) is 0.787. The second-order valence-corrected chi connectivity index (χ2v) is 6.42. The first kappa shape index (κ1) is 16.3. The molecule has 0 aliphatic carbocycles. The predicted molar refractivity (Wildman–Crippen MR) is 97.0 cm³/mol. The van der Waals surface area contributed by atoms with E-state index < -0.39 is 0 Å². The first-order chi connectivity index (χ1) is 11.3. The van der Waals surface area contributed by atoms with Gasteiger partial charge in [-0.15, -0.1) is 0 Å². The number of aryl methyl sites for hydroxylation is 3. The fourth-order valence-electron chi connectivity index (χ4n) is 3.06. The van der Waals surface area contributed by atoms with Crippen molar-refractivity contribution in [3.05, 3.63) is 57.1 Å². The van der Waals surface area contributed by atoms with E-state index in [2.05, 4.69) is 4.98 Å². The van der Waals surface area contributed by atoms with E-state index in [4.69, 9.17) is 10.7 Å². The molecule has 1 aromatic carbocycles. The lowest BCUT2D eigenvalue weighted by molar-refractivity contribution is 0.813. The third-order valence-corrected chi connectivity index (χ3v) is 4.31. The highest BCUT2D eigenvalue weighted by Gasteiger charge is 2.16. The molecule has 0 radical (unpaired) electrons. The summed E-state index contributed by atoms with van der Waals surface area (Å²) in [4.78, 5) is 22.2. The Morgan fingerprint density at radius 3 is 2.46 bits per heavy atom. The number of nitrogens with two attached hydrogens (primary N) is 1. The Kier molecular flexibility index (Phi) is 3.97. The number of nitrogens with zero attached hydrogens (tertiary/aromatic N) is 3. The zero-order valence-electron chi connectivity index (χ0n) is 14.7. The third-order valence-electron chi connectivity index (χ3n) is 4.31. The van der Waals surface area contributed by atoms with Crippen LogP contribution >= 0.6 is 0 Å². The Hall–Kier alpha value is -2.53. The van der Waals surface area contributed by atoms with Gasteiger partial charge in [0.2, 0.25) is 0 Å². The summed E-state index contributed by atoms with van der Waals surface area (Å²) >= 11 is 0. The summed E-state index contributed by atoms with van der Waals surface area (Å²) in [6.07, 6.45) is 0. The number of pyridine rings is 1. The van der Waals surface area contributed by atoms with Crippen molar-refractivity contribution in [2.75, 3.05) is 0 Å². The fraction of sp³-hybridized carbons (Fsp3) is 0.316. The van der Waals surface area contributed by atoms with E-state index >= 15 is 0 Å². The van der Waals surface area contributed by atoms with Gasteiger partial charge in [0.1, 0.15) is 5.82 Å². The summed E-state index contributed by atoms with van der Waals surface area (Å²) in [5, 5.41) is 0.603. The molecule has 3 aromatic rings. The molecule has 0 amide bonds. The van der Waals surface area contributed by atoms with Gasteiger partial charge in [0.25, 0.3) is 5.56 Å². The second-order valence-electron chi connectivity index (χ2n) is 6.42. The van der Waals surface area contributed by atoms with E-state index in [0.717, 1.165) is 28.1 Å². The predicted octanol–water partition coefficient (Wildman–Crippen LogP) is 2.94. The number of aromatic nitrogens is 3. The summed E-state index contributed by atoms with van der Waals surface area (Å²) in [6.45, 7) is 7.75. The molecular formula is C19H22N4O. The van der Waals surface area contributed by atoms with Crippen LogP contribution < -0.4 is 11.3 Å². The lowest BCUT2D eigenvalue weighted by atomic mass is 10.0. The van der Waals surface area contributed by atoms with Gasteiger partial charge in [-0.2, -0.15) is 0 Å². The average molecular weight is 322 g/mol. The van der Waals surface area contributed by atoms with Crippen LogP contribution in [0.1, 0.15) is 35.5 Å². The zero-order chi connectivity index (χ0) is 17.6. The normalized spacial score (nSPS) is 12.6. The number of fused-ring (bicyclic) bond motifs is 1. The van der Waals surface area contributed by atoms with E-state index in [9.17, 15) is 4.79 Å². The molecule has 1 atom stereocenters. The van der Waals surface area contributed by atoms with Gasteiger partial charge in [0, 0.05) is 30.0 Å². The lowest BCUT2D eigenvalue weighted by Gasteiger charge is -2.15. The summed E-state index contributed by atoms with van der Waals surface area (Å²) < 4.78 is 1.59. The van der Waals surface area contributed by atoms with Crippen LogP contribution in [0.25, 0.3) is 22.3 Å². The molecule has 2 aromatic heterocycles. The second kappa shape index (κ2) is 5.83. The molecule has 5 heteroatoms. The van der Waals surface area contributed by atoms with Gasteiger partial charge in [-0.1, -0.05) is 6.07 Å². The molecule has 0 fully saturated rings. The topological polar surface area (TPSA) is 73.8 Å². The minimum Gasteiger partial charge on any atom is -0.324 e. The van der Waals surface area contributed by atoms with Crippen LogP contribution in [0.4, 0.5) is 0 Å². The first-order valence-corrected chi connectivity index (χ1v) is 8.01. The van der Waals surface area contributed by atoms with Crippen molar-refractivity contribution in [1.29, 1.82) is 0 Å². The van der Waals surface area contributed by atoms with Gasteiger partial charge >= 0.3 is 0 Å². The van der Waals surface area contributed by atoms with Crippen LogP contribution in [0.3, 0.4) is 0 Å². The Labute approximate surface area is 141 Å². The van der Waals surface area contributed by atoms with Crippen LogP contribution in [0.5, 0.6) is 0 Å². The number of hydrogen-bond donors (Lipinski definition) is 1. The molecule has 2 heterocycles. The van der Waals surface area contributed by atoms with E-state index in [-0.39, 0.29) is 11.6 Å². The van der Waals surface area contributed by atoms with Crippen LogP contribution in [0, 0.1) is 20.8 Å². The van der Waals surface area contributed by atoms with Crippen LogP contribution in [-0.4, -0.2) is 14.5 Å². The number of hydrogen-bond acceptors (Lipinski definition) is 4. The van der Waals surface area contributed by atoms with Crippen LogP contribution in [0.2, 0.25) is 0 Å². The maximum absolute atomic E-state index is 12.9. The highest BCUT2D eigenvalue weighted by molar-refractivity contribution is 5.84. The molecule has 3 rings (SSSR count). The lowest BCUT2D eigenvalue weighted by Crippen LogP contribution is -2.22. The van der Waals surface area contributed by atoms with E-state index in [1.165, 1.54) is 0 Å². The molecule has 24 heavy (non-hydrogen) atoms. The van der Waals surface area contributed by atoms with Gasteiger partial charge in [0.05, 0.1) is 10.9 Å². The van der Waals surface area contributed by atoms with Crippen molar-refractivity contribution in [3.63, 3.8) is 0 Å². The summed E-state index contributed by atoms with van der Waals surface area (Å²) in [7, 11) is 1.75. The highest BCUT2D eigenvalue weighted by atomic mass is 16.1.